The Morgan fingerprint density at radius 3 is 3.12 bits per heavy atom. The molecule has 0 radical (unpaired) electrons. The Hall–Kier alpha value is -1.85. The first kappa shape index (κ1) is 11.6. The lowest BCUT2D eigenvalue weighted by molar-refractivity contribution is -0.122. The lowest BCUT2D eigenvalue weighted by Crippen LogP contribution is -2.49. The Bertz CT molecular complexity index is 409. The van der Waals surface area contributed by atoms with E-state index in [4.69, 9.17) is 5.73 Å². The van der Waals surface area contributed by atoms with Crippen LogP contribution in [0.15, 0.2) is 12.5 Å². The van der Waals surface area contributed by atoms with Crippen LogP contribution >= 0.6 is 0 Å². The maximum atomic E-state index is 11.8. The van der Waals surface area contributed by atoms with E-state index in [0.717, 1.165) is 25.8 Å². The van der Waals surface area contributed by atoms with Crippen molar-refractivity contribution in [1.82, 2.24) is 15.3 Å². The van der Waals surface area contributed by atoms with Crippen LogP contribution in [0.25, 0.3) is 0 Å². The summed E-state index contributed by atoms with van der Waals surface area (Å²) in [6.45, 7) is 0.805. The van der Waals surface area contributed by atoms with E-state index in [1.54, 1.807) is 13.2 Å². The first-order valence-electron chi connectivity index (χ1n) is 5.77. The summed E-state index contributed by atoms with van der Waals surface area (Å²) in [6.07, 6.45) is 5.97. The molecule has 1 amide bonds. The van der Waals surface area contributed by atoms with Crippen molar-refractivity contribution in [2.75, 3.05) is 24.2 Å². The minimum absolute atomic E-state index is 0.0164. The van der Waals surface area contributed by atoms with Gasteiger partial charge in [0, 0.05) is 13.6 Å². The van der Waals surface area contributed by atoms with Gasteiger partial charge in [-0.3, -0.25) is 4.79 Å². The van der Waals surface area contributed by atoms with Crippen LogP contribution in [0, 0.1) is 0 Å². The lowest BCUT2D eigenvalue weighted by Gasteiger charge is -2.35. The molecule has 17 heavy (non-hydrogen) atoms. The van der Waals surface area contributed by atoms with Crippen LogP contribution in [-0.4, -0.2) is 35.5 Å². The molecule has 1 unspecified atom stereocenters. The number of piperidine rings is 1. The van der Waals surface area contributed by atoms with Gasteiger partial charge >= 0.3 is 0 Å². The Morgan fingerprint density at radius 1 is 1.59 bits per heavy atom. The molecule has 1 aliphatic heterocycles. The molecule has 0 aliphatic carbocycles. The molecule has 1 saturated heterocycles. The quantitative estimate of drug-likeness (QED) is 0.763. The van der Waals surface area contributed by atoms with Gasteiger partial charge in [0.15, 0.2) is 5.82 Å². The van der Waals surface area contributed by atoms with Crippen molar-refractivity contribution in [3.8, 4) is 0 Å². The van der Waals surface area contributed by atoms with Crippen molar-refractivity contribution < 1.29 is 4.79 Å². The summed E-state index contributed by atoms with van der Waals surface area (Å²) in [5.74, 6) is 0.677. The SMILES string of the molecule is CNC(=O)C1CCCCN1c1ncncc1N. The number of carbonyl (C=O) groups excluding carboxylic acids is 1. The van der Waals surface area contributed by atoms with Gasteiger partial charge in [-0.15, -0.1) is 0 Å². The molecule has 2 rings (SSSR count). The van der Waals surface area contributed by atoms with Crippen LogP contribution in [0.1, 0.15) is 19.3 Å². The van der Waals surface area contributed by atoms with Crippen molar-refractivity contribution in [2.24, 2.45) is 0 Å². The van der Waals surface area contributed by atoms with Crippen LogP contribution in [0.5, 0.6) is 0 Å². The zero-order valence-corrected chi connectivity index (χ0v) is 9.89. The van der Waals surface area contributed by atoms with Crippen LogP contribution in [0.2, 0.25) is 0 Å². The normalized spacial score (nSPS) is 20.1. The van der Waals surface area contributed by atoms with Gasteiger partial charge in [0.05, 0.1) is 11.9 Å². The highest BCUT2D eigenvalue weighted by Crippen LogP contribution is 2.26. The maximum absolute atomic E-state index is 11.8. The number of hydrogen-bond acceptors (Lipinski definition) is 5. The van der Waals surface area contributed by atoms with E-state index in [2.05, 4.69) is 15.3 Å². The topological polar surface area (TPSA) is 84.1 Å². The first-order chi connectivity index (χ1) is 8.24. The van der Waals surface area contributed by atoms with E-state index in [1.807, 2.05) is 4.90 Å². The number of amides is 1. The summed E-state index contributed by atoms with van der Waals surface area (Å²) < 4.78 is 0. The molecular formula is C11H17N5O. The number of aromatic nitrogens is 2. The van der Waals surface area contributed by atoms with Crippen molar-refractivity contribution in [3.63, 3.8) is 0 Å². The fourth-order valence-electron chi connectivity index (χ4n) is 2.20. The molecule has 1 aliphatic rings. The average Bonchev–Trinajstić information content (AvgIpc) is 2.38. The molecule has 92 valence electrons. The second-order valence-corrected chi connectivity index (χ2v) is 4.12. The Balaban J connectivity index is 2.28. The summed E-state index contributed by atoms with van der Waals surface area (Å²) in [5.41, 5.74) is 6.37. The zero-order chi connectivity index (χ0) is 12.3. The predicted molar refractivity (Wildman–Crippen MR) is 65.5 cm³/mol. The molecule has 3 N–H and O–H groups in total. The molecular weight excluding hydrogens is 218 g/mol. The standard InChI is InChI=1S/C11H17N5O/c1-13-11(17)9-4-2-3-5-16(9)10-8(12)6-14-7-15-10/h6-7,9H,2-5,12H2,1H3,(H,13,17). The highest BCUT2D eigenvalue weighted by molar-refractivity contribution is 5.85. The van der Waals surface area contributed by atoms with Gasteiger partial charge in [0.1, 0.15) is 12.4 Å². The first-order valence-corrected chi connectivity index (χ1v) is 5.77. The van der Waals surface area contributed by atoms with Gasteiger partial charge in [-0.2, -0.15) is 0 Å². The molecule has 1 aromatic heterocycles. The third-order valence-electron chi connectivity index (χ3n) is 3.04. The summed E-state index contributed by atoms with van der Waals surface area (Å²) in [5, 5.41) is 2.69. The smallest absolute Gasteiger partial charge is 0.242 e. The third kappa shape index (κ3) is 2.30. The Morgan fingerprint density at radius 2 is 2.41 bits per heavy atom. The number of nitrogens with one attached hydrogen (secondary N) is 1. The number of nitrogens with two attached hydrogens (primary N) is 1. The van der Waals surface area contributed by atoms with Gasteiger partial charge in [-0.25, -0.2) is 9.97 Å². The van der Waals surface area contributed by atoms with Gasteiger partial charge < -0.3 is 16.0 Å². The maximum Gasteiger partial charge on any atom is 0.242 e. The van der Waals surface area contributed by atoms with Crippen molar-refractivity contribution in [1.29, 1.82) is 0 Å². The Labute approximate surface area is 100 Å². The third-order valence-corrected chi connectivity index (χ3v) is 3.04. The number of nitrogens with zero attached hydrogens (tertiary/aromatic N) is 3. The largest absolute Gasteiger partial charge is 0.394 e. The van der Waals surface area contributed by atoms with Crippen LogP contribution < -0.4 is 16.0 Å². The van der Waals surface area contributed by atoms with Crippen molar-refractivity contribution in [3.05, 3.63) is 12.5 Å². The van der Waals surface area contributed by atoms with E-state index in [9.17, 15) is 4.79 Å². The molecule has 0 aromatic carbocycles. The molecule has 6 nitrogen and oxygen atoms in total. The second kappa shape index (κ2) is 4.99. The van der Waals surface area contributed by atoms with Gasteiger partial charge in [0.25, 0.3) is 0 Å². The highest BCUT2D eigenvalue weighted by Gasteiger charge is 2.29. The number of nitrogen functional groups attached to an aromatic ring is 1. The van der Waals surface area contributed by atoms with Crippen molar-refractivity contribution >= 4 is 17.4 Å². The van der Waals surface area contributed by atoms with Crippen molar-refractivity contribution in [2.45, 2.75) is 25.3 Å². The van der Waals surface area contributed by atoms with E-state index in [1.165, 1.54) is 6.33 Å². The number of hydrogen-bond donors (Lipinski definition) is 2. The molecule has 0 saturated carbocycles. The summed E-state index contributed by atoms with van der Waals surface area (Å²) in [6, 6.07) is -0.175. The molecule has 1 aromatic rings. The number of anilines is 2. The molecule has 0 spiro atoms. The van der Waals surface area contributed by atoms with Gasteiger partial charge in [-0.1, -0.05) is 0 Å². The minimum atomic E-state index is -0.175. The molecule has 6 heteroatoms. The van der Waals surface area contributed by atoms with E-state index in [-0.39, 0.29) is 11.9 Å². The lowest BCUT2D eigenvalue weighted by atomic mass is 10.0. The van der Waals surface area contributed by atoms with Crippen LogP contribution in [0.3, 0.4) is 0 Å². The molecule has 0 bridgehead atoms. The van der Waals surface area contributed by atoms with E-state index in [0.29, 0.717) is 11.5 Å². The molecule has 1 atom stereocenters. The van der Waals surface area contributed by atoms with E-state index >= 15 is 0 Å². The predicted octanol–water partition coefficient (Wildman–Crippen LogP) is 0.164. The fourth-order valence-corrected chi connectivity index (χ4v) is 2.20. The van der Waals surface area contributed by atoms with Crippen LogP contribution in [0.4, 0.5) is 11.5 Å². The molecule has 1 fully saturated rings. The Kier molecular flexibility index (Phi) is 3.41. The van der Waals surface area contributed by atoms with E-state index < -0.39 is 0 Å². The fraction of sp³-hybridized carbons (Fsp3) is 0.545. The number of likely N-dealkylation sites (N-methyl/N-ethyl adjacent to an activating group) is 1. The zero-order valence-electron chi connectivity index (χ0n) is 9.89. The summed E-state index contributed by atoms with van der Waals surface area (Å²) in [4.78, 5) is 21.8. The summed E-state index contributed by atoms with van der Waals surface area (Å²) >= 11 is 0. The van der Waals surface area contributed by atoms with Gasteiger partial charge in [-0.05, 0) is 19.3 Å². The van der Waals surface area contributed by atoms with Gasteiger partial charge in [0.2, 0.25) is 5.91 Å². The van der Waals surface area contributed by atoms with Crippen LogP contribution in [-0.2, 0) is 4.79 Å². The monoisotopic (exact) mass is 235 g/mol. The average molecular weight is 235 g/mol. The highest BCUT2D eigenvalue weighted by atomic mass is 16.2. The number of carbonyl (C=O) groups is 1. The molecule has 2 heterocycles. The second-order valence-electron chi connectivity index (χ2n) is 4.12. The summed E-state index contributed by atoms with van der Waals surface area (Å²) in [7, 11) is 1.65. The number of rotatable bonds is 2. The minimum Gasteiger partial charge on any atom is -0.394 e.